The third kappa shape index (κ3) is 6.42. The van der Waals surface area contributed by atoms with Crippen LogP contribution in [0.15, 0.2) is 0 Å². The molecule has 1 aliphatic carbocycles. The van der Waals surface area contributed by atoms with E-state index < -0.39 is 0 Å². The molecule has 4 fully saturated rings. The molecule has 4 rings (SSSR count). The Labute approximate surface area is 176 Å². The molecule has 3 aliphatic heterocycles. The molecule has 0 atom stereocenters. The van der Waals surface area contributed by atoms with Crippen LogP contribution in [0.4, 0.5) is 0 Å². The normalized spacial score (nSPS) is 31.1. The fourth-order valence-electron chi connectivity index (χ4n) is 5.57. The lowest BCUT2D eigenvalue weighted by Crippen LogP contribution is -2.72. The monoisotopic (exact) mass is 395 g/mol. The average molecular weight is 396 g/mol. The SMILES string of the molecule is CC.CC.CCN1CC2(C1)CN(CC1CCC(OC3CCN(C)CC3)CC1)C2. The Morgan fingerprint density at radius 1 is 0.750 bits per heavy atom. The van der Waals surface area contributed by atoms with Crippen molar-refractivity contribution in [1.29, 1.82) is 0 Å². The summed E-state index contributed by atoms with van der Waals surface area (Å²) >= 11 is 0. The van der Waals surface area contributed by atoms with Crippen LogP contribution in [0.25, 0.3) is 0 Å². The summed E-state index contributed by atoms with van der Waals surface area (Å²) < 4.78 is 6.41. The first-order chi connectivity index (χ1) is 13.6. The fourth-order valence-corrected chi connectivity index (χ4v) is 5.57. The molecule has 0 aromatic rings. The molecule has 3 heterocycles. The molecular formula is C24H49N3O. The smallest absolute Gasteiger partial charge is 0.0603 e. The summed E-state index contributed by atoms with van der Waals surface area (Å²) in [6, 6.07) is 0. The van der Waals surface area contributed by atoms with Crippen molar-refractivity contribution >= 4 is 0 Å². The lowest BCUT2D eigenvalue weighted by molar-refractivity contribution is -0.120. The van der Waals surface area contributed by atoms with Crippen LogP contribution in [0.2, 0.25) is 0 Å². The predicted octanol–water partition coefficient (Wildman–Crippen LogP) is 4.35. The number of rotatable bonds is 5. The summed E-state index contributed by atoms with van der Waals surface area (Å²) in [5.74, 6) is 0.932. The molecule has 3 saturated heterocycles. The van der Waals surface area contributed by atoms with Crippen molar-refractivity contribution in [3.05, 3.63) is 0 Å². The average Bonchev–Trinajstić information content (AvgIpc) is 2.69. The van der Waals surface area contributed by atoms with Crippen molar-refractivity contribution < 1.29 is 4.74 Å². The van der Waals surface area contributed by atoms with Crippen LogP contribution in [0.5, 0.6) is 0 Å². The lowest BCUT2D eigenvalue weighted by atomic mass is 9.72. The number of nitrogens with zero attached hydrogens (tertiary/aromatic N) is 3. The second-order valence-electron chi connectivity index (χ2n) is 9.25. The zero-order chi connectivity index (χ0) is 20.6. The largest absolute Gasteiger partial charge is 0.375 e. The van der Waals surface area contributed by atoms with Crippen LogP contribution in [0.3, 0.4) is 0 Å². The van der Waals surface area contributed by atoms with Gasteiger partial charge in [-0.1, -0.05) is 34.6 Å². The van der Waals surface area contributed by atoms with E-state index >= 15 is 0 Å². The molecule has 0 aromatic carbocycles. The molecule has 4 aliphatic rings. The van der Waals surface area contributed by atoms with Gasteiger partial charge in [-0.25, -0.2) is 0 Å². The third-order valence-corrected chi connectivity index (χ3v) is 7.04. The van der Waals surface area contributed by atoms with Gasteiger partial charge in [-0.2, -0.15) is 0 Å². The summed E-state index contributed by atoms with van der Waals surface area (Å²) in [7, 11) is 2.23. The molecule has 1 spiro atoms. The summed E-state index contributed by atoms with van der Waals surface area (Å²) in [5, 5.41) is 0. The Morgan fingerprint density at radius 3 is 1.79 bits per heavy atom. The van der Waals surface area contributed by atoms with Crippen molar-refractivity contribution in [2.24, 2.45) is 11.3 Å². The van der Waals surface area contributed by atoms with Gasteiger partial charge in [0.05, 0.1) is 12.2 Å². The van der Waals surface area contributed by atoms with E-state index in [0.717, 1.165) is 5.92 Å². The van der Waals surface area contributed by atoms with Crippen LogP contribution < -0.4 is 0 Å². The first-order valence-electron chi connectivity index (χ1n) is 12.4. The molecule has 28 heavy (non-hydrogen) atoms. The van der Waals surface area contributed by atoms with Crippen molar-refractivity contribution in [2.75, 3.05) is 59.4 Å². The van der Waals surface area contributed by atoms with Crippen LogP contribution in [-0.2, 0) is 4.74 Å². The quantitative estimate of drug-likeness (QED) is 0.689. The predicted molar refractivity (Wildman–Crippen MR) is 121 cm³/mol. The van der Waals surface area contributed by atoms with Gasteiger partial charge in [-0.3, -0.25) is 0 Å². The van der Waals surface area contributed by atoms with Crippen molar-refractivity contribution in [3.63, 3.8) is 0 Å². The van der Waals surface area contributed by atoms with Crippen molar-refractivity contribution in [3.8, 4) is 0 Å². The van der Waals surface area contributed by atoms with Gasteiger partial charge in [-0.15, -0.1) is 0 Å². The molecular weight excluding hydrogens is 346 g/mol. The second-order valence-corrected chi connectivity index (χ2v) is 9.25. The van der Waals surface area contributed by atoms with Crippen LogP contribution in [0.1, 0.15) is 73.1 Å². The molecule has 1 saturated carbocycles. The maximum absolute atomic E-state index is 6.41. The van der Waals surface area contributed by atoms with Crippen LogP contribution >= 0.6 is 0 Å². The van der Waals surface area contributed by atoms with Crippen molar-refractivity contribution in [2.45, 2.75) is 85.4 Å². The molecule has 166 valence electrons. The van der Waals surface area contributed by atoms with Gasteiger partial charge in [0, 0.05) is 51.2 Å². The number of piperidine rings is 1. The Hall–Kier alpha value is -0.160. The first-order valence-corrected chi connectivity index (χ1v) is 12.4. The van der Waals surface area contributed by atoms with E-state index in [9.17, 15) is 0 Å². The molecule has 4 nitrogen and oxygen atoms in total. The van der Waals surface area contributed by atoms with Crippen molar-refractivity contribution in [1.82, 2.24) is 14.7 Å². The van der Waals surface area contributed by atoms with Gasteiger partial charge in [0.1, 0.15) is 0 Å². The lowest BCUT2D eigenvalue weighted by Gasteiger charge is -2.61. The van der Waals surface area contributed by atoms with Crippen LogP contribution in [0, 0.1) is 11.3 Å². The minimum atomic E-state index is 0.540. The highest BCUT2D eigenvalue weighted by molar-refractivity contribution is 5.05. The van der Waals surface area contributed by atoms with E-state index in [4.69, 9.17) is 4.74 Å². The van der Waals surface area contributed by atoms with Gasteiger partial charge in [-0.05, 0) is 58.0 Å². The highest BCUT2D eigenvalue weighted by Crippen LogP contribution is 2.40. The van der Waals surface area contributed by atoms with Gasteiger partial charge in [0.25, 0.3) is 0 Å². The highest BCUT2D eigenvalue weighted by atomic mass is 16.5. The summed E-state index contributed by atoms with van der Waals surface area (Å²) in [6.07, 6.45) is 8.96. The number of hydrogen-bond acceptors (Lipinski definition) is 4. The number of ether oxygens (including phenoxy) is 1. The second kappa shape index (κ2) is 11.9. The zero-order valence-corrected chi connectivity index (χ0v) is 19.9. The maximum atomic E-state index is 6.41. The first kappa shape index (κ1) is 24.1. The minimum absolute atomic E-state index is 0.540. The van der Waals surface area contributed by atoms with E-state index in [-0.39, 0.29) is 0 Å². The van der Waals surface area contributed by atoms with Gasteiger partial charge >= 0.3 is 0 Å². The zero-order valence-electron chi connectivity index (χ0n) is 19.9. The minimum Gasteiger partial charge on any atom is -0.375 e. The number of likely N-dealkylation sites (tertiary alicyclic amines) is 3. The van der Waals surface area contributed by atoms with E-state index in [2.05, 4.69) is 28.7 Å². The Morgan fingerprint density at radius 2 is 1.25 bits per heavy atom. The van der Waals surface area contributed by atoms with Gasteiger partial charge < -0.3 is 19.4 Å². The Bertz CT molecular complexity index is 400. The molecule has 0 unspecified atom stereocenters. The summed E-state index contributed by atoms with van der Waals surface area (Å²) in [5.41, 5.74) is 0.699. The maximum Gasteiger partial charge on any atom is 0.0603 e. The van der Waals surface area contributed by atoms with E-state index in [1.807, 2.05) is 27.7 Å². The summed E-state index contributed by atoms with van der Waals surface area (Å²) in [6.45, 7) is 20.8. The fraction of sp³-hybridized carbons (Fsp3) is 1.00. The molecule has 0 bridgehead atoms. The van der Waals surface area contributed by atoms with Gasteiger partial charge in [0.2, 0.25) is 0 Å². The topological polar surface area (TPSA) is 19.0 Å². The molecule has 0 N–H and O–H groups in total. The molecule has 0 aromatic heterocycles. The number of hydrogen-bond donors (Lipinski definition) is 0. The molecule has 0 radical (unpaired) electrons. The Balaban J connectivity index is 0.000000660. The van der Waals surface area contributed by atoms with E-state index in [1.165, 1.54) is 90.9 Å². The third-order valence-electron chi connectivity index (χ3n) is 7.04. The highest BCUT2D eigenvalue weighted by Gasteiger charge is 2.51. The van der Waals surface area contributed by atoms with Crippen LogP contribution in [-0.4, -0.2) is 86.3 Å². The van der Waals surface area contributed by atoms with Gasteiger partial charge in [0.15, 0.2) is 0 Å². The summed E-state index contributed by atoms with van der Waals surface area (Å²) in [4.78, 5) is 7.75. The van der Waals surface area contributed by atoms with E-state index in [0.29, 0.717) is 17.6 Å². The standard InChI is InChI=1S/C20H37N3O.2C2H6/c1-3-22-13-20(14-22)15-23(16-20)12-17-4-6-18(7-5-17)24-19-8-10-21(2)11-9-19;2*1-2/h17-19H,3-16H2,1-2H3;2*1-2H3. The Kier molecular flexibility index (Phi) is 10.2. The molecule has 0 amide bonds. The van der Waals surface area contributed by atoms with E-state index in [1.54, 1.807) is 0 Å². The molecule has 4 heteroatoms.